The second kappa shape index (κ2) is 8.55. The van der Waals surface area contributed by atoms with Gasteiger partial charge < -0.3 is 10.5 Å². The number of hydrogen-bond donors (Lipinski definition) is 1. The number of rotatable bonds is 3. The third-order valence-corrected chi connectivity index (χ3v) is 8.88. The van der Waals surface area contributed by atoms with Crippen LogP contribution in [0.15, 0.2) is 48.8 Å². The summed E-state index contributed by atoms with van der Waals surface area (Å²) in [5, 5.41) is 8.59. The van der Waals surface area contributed by atoms with Crippen LogP contribution in [0.2, 0.25) is 0 Å². The summed E-state index contributed by atoms with van der Waals surface area (Å²) in [6.45, 7) is 3.81. The van der Waals surface area contributed by atoms with Crippen LogP contribution in [0.4, 0.5) is 5.82 Å². The van der Waals surface area contributed by atoms with Crippen molar-refractivity contribution in [1.82, 2.24) is 24.6 Å². The summed E-state index contributed by atoms with van der Waals surface area (Å²) in [5.41, 5.74) is 9.20. The number of nitrogens with zero attached hydrogens (tertiary/aromatic N) is 5. The lowest BCUT2D eigenvalue weighted by molar-refractivity contribution is 0.00520. The van der Waals surface area contributed by atoms with Crippen molar-refractivity contribution in [3.05, 3.63) is 48.8 Å². The molecule has 0 bridgehead atoms. The predicted octanol–water partition coefficient (Wildman–Crippen LogP) is 5.26. The Morgan fingerprint density at radius 3 is 2.51 bits per heavy atom. The molecule has 0 spiro atoms. The molecule has 4 heterocycles. The van der Waals surface area contributed by atoms with Gasteiger partial charge in [-0.15, -0.1) is 11.3 Å². The Kier molecular flexibility index (Phi) is 5.19. The zero-order valence-corrected chi connectivity index (χ0v) is 20.4. The molecule has 2 N–H and O–H groups in total. The van der Waals surface area contributed by atoms with Crippen LogP contribution in [0.3, 0.4) is 0 Å². The van der Waals surface area contributed by atoms with E-state index in [4.69, 9.17) is 15.6 Å². The van der Waals surface area contributed by atoms with Gasteiger partial charge in [-0.2, -0.15) is 5.10 Å². The zero-order valence-electron chi connectivity index (χ0n) is 19.6. The Hall–Kier alpha value is -3.07. The van der Waals surface area contributed by atoms with Gasteiger partial charge in [0.2, 0.25) is 0 Å². The van der Waals surface area contributed by atoms with Gasteiger partial charge in [-0.1, -0.05) is 30.3 Å². The Labute approximate surface area is 207 Å². The van der Waals surface area contributed by atoms with E-state index in [0.717, 1.165) is 61.4 Å². The smallest absolute Gasteiger partial charge is 0.164 e. The summed E-state index contributed by atoms with van der Waals surface area (Å²) >= 11 is 1.82. The molecule has 1 aliphatic carbocycles. The van der Waals surface area contributed by atoms with E-state index in [1.54, 1.807) is 6.33 Å². The van der Waals surface area contributed by atoms with Crippen molar-refractivity contribution in [1.29, 1.82) is 0 Å². The quantitative estimate of drug-likeness (QED) is 0.376. The molecule has 1 saturated heterocycles. The maximum Gasteiger partial charge on any atom is 0.164 e. The Morgan fingerprint density at radius 1 is 0.886 bits per heavy atom. The summed E-state index contributed by atoms with van der Waals surface area (Å²) < 4.78 is 10.2. The number of anilines is 1. The van der Waals surface area contributed by atoms with Gasteiger partial charge >= 0.3 is 0 Å². The lowest BCUT2D eigenvalue weighted by atomic mass is 9.90. The molecular weight excluding hydrogens is 456 g/mol. The molecule has 1 saturated carbocycles. The van der Waals surface area contributed by atoms with Crippen molar-refractivity contribution in [3.63, 3.8) is 0 Å². The number of nitrogens with two attached hydrogens (primary N) is 1. The lowest BCUT2D eigenvalue weighted by Gasteiger charge is -2.38. The van der Waals surface area contributed by atoms with Gasteiger partial charge in [0, 0.05) is 44.9 Å². The normalized spacial score (nSPS) is 21.8. The summed E-state index contributed by atoms with van der Waals surface area (Å²) in [4.78, 5) is 11.6. The van der Waals surface area contributed by atoms with Crippen LogP contribution in [0.1, 0.15) is 31.7 Å². The molecule has 8 heteroatoms. The minimum Gasteiger partial charge on any atom is -0.383 e. The summed E-state index contributed by atoms with van der Waals surface area (Å²) in [5.74, 6) is 0.495. The highest BCUT2D eigenvalue weighted by molar-refractivity contribution is 7.25. The largest absolute Gasteiger partial charge is 0.383 e. The number of aromatic nitrogens is 4. The van der Waals surface area contributed by atoms with Crippen molar-refractivity contribution >= 4 is 48.4 Å². The first-order chi connectivity index (χ1) is 17.3. The van der Waals surface area contributed by atoms with Crippen molar-refractivity contribution in [2.75, 3.05) is 32.0 Å². The molecule has 2 aliphatic rings. The van der Waals surface area contributed by atoms with E-state index in [1.165, 1.54) is 33.0 Å². The molecule has 2 aromatic carbocycles. The second-order valence-corrected chi connectivity index (χ2v) is 10.8. The molecular formula is C27H28N6OS. The number of benzene rings is 2. The first-order valence-electron chi connectivity index (χ1n) is 12.5. The predicted molar refractivity (Wildman–Crippen MR) is 142 cm³/mol. The molecule has 3 aromatic heterocycles. The molecule has 1 aliphatic heterocycles. The number of hydrogen-bond acceptors (Lipinski definition) is 7. The number of ether oxygens (including phenoxy) is 1. The third kappa shape index (κ3) is 3.59. The number of nitrogen functional groups attached to an aromatic ring is 1. The number of thiophene rings is 1. The maximum atomic E-state index is 6.41. The third-order valence-electron chi connectivity index (χ3n) is 7.74. The monoisotopic (exact) mass is 484 g/mol. The molecule has 7 nitrogen and oxygen atoms in total. The fourth-order valence-electron chi connectivity index (χ4n) is 5.94. The van der Waals surface area contributed by atoms with Gasteiger partial charge in [-0.05, 0) is 37.8 Å². The highest BCUT2D eigenvalue weighted by atomic mass is 32.1. The molecule has 2 fully saturated rings. The van der Waals surface area contributed by atoms with Crippen molar-refractivity contribution in [2.45, 2.75) is 37.8 Å². The minimum absolute atomic E-state index is 0.325. The first kappa shape index (κ1) is 21.2. The van der Waals surface area contributed by atoms with Gasteiger partial charge in [0.15, 0.2) is 5.65 Å². The van der Waals surface area contributed by atoms with Crippen molar-refractivity contribution < 1.29 is 4.74 Å². The van der Waals surface area contributed by atoms with Crippen molar-refractivity contribution in [2.24, 2.45) is 0 Å². The Balaban J connectivity index is 1.26. The highest BCUT2D eigenvalue weighted by Gasteiger charge is 2.30. The van der Waals surface area contributed by atoms with E-state index in [2.05, 4.69) is 62.0 Å². The lowest BCUT2D eigenvalue weighted by Crippen LogP contribution is -2.45. The van der Waals surface area contributed by atoms with Gasteiger partial charge in [-0.25, -0.2) is 14.6 Å². The fourth-order valence-corrected chi connectivity index (χ4v) is 7.08. The molecule has 7 rings (SSSR count). The van der Waals surface area contributed by atoms with E-state index in [0.29, 0.717) is 17.9 Å². The van der Waals surface area contributed by atoms with E-state index in [1.807, 2.05) is 11.3 Å². The van der Waals surface area contributed by atoms with Crippen LogP contribution in [-0.4, -0.2) is 57.0 Å². The number of fused-ring (bicyclic) bond motifs is 4. The van der Waals surface area contributed by atoms with Gasteiger partial charge in [-0.3, -0.25) is 4.90 Å². The molecule has 0 amide bonds. The minimum atomic E-state index is 0.325. The van der Waals surface area contributed by atoms with Gasteiger partial charge in [0.1, 0.15) is 17.8 Å². The van der Waals surface area contributed by atoms with E-state index < -0.39 is 0 Å². The molecule has 0 unspecified atom stereocenters. The highest BCUT2D eigenvalue weighted by Crippen LogP contribution is 2.40. The van der Waals surface area contributed by atoms with Crippen LogP contribution in [0, 0.1) is 0 Å². The Morgan fingerprint density at radius 2 is 1.66 bits per heavy atom. The van der Waals surface area contributed by atoms with Crippen LogP contribution >= 0.6 is 11.3 Å². The van der Waals surface area contributed by atoms with E-state index in [-0.39, 0.29) is 0 Å². The average Bonchev–Trinajstić information content (AvgIpc) is 3.48. The van der Waals surface area contributed by atoms with Crippen molar-refractivity contribution in [3.8, 4) is 11.3 Å². The SMILES string of the molecule is Nc1ncnc2c1c(-c1ccc3c(c1)sc1ccccc13)nn2C1CCC(N2CCOCC2)CC1. The number of morpholine rings is 1. The molecule has 178 valence electrons. The summed E-state index contributed by atoms with van der Waals surface area (Å²) in [7, 11) is 0. The van der Waals surface area contributed by atoms with E-state index in [9.17, 15) is 0 Å². The van der Waals surface area contributed by atoms with Crippen LogP contribution < -0.4 is 5.73 Å². The van der Waals surface area contributed by atoms with E-state index >= 15 is 0 Å². The molecule has 0 radical (unpaired) electrons. The second-order valence-electron chi connectivity index (χ2n) is 9.67. The van der Waals surface area contributed by atoms with Crippen LogP contribution in [0.25, 0.3) is 42.5 Å². The Bertz CT molecular complexity index is 1530. The van der Waals surface area contributed by atoms with Gasteiger partial charge in [0.05, 0.1) is 24.6 Å². The summed E-state index contributed by atoms with van der Waals surface area (Å²) in [6.07, 6.45) is 6.11. The molecule has 0 atom stereocenters. The van der Waals surface area contributed by atoms with Gasteiger partial charge in [0.25, 0.3) is 0 Å². The molecule has 35 heavy (non-hydrogen) atoms. The molecule has 5 aromatic rings. The average molecular weight is 485 g/mol. The maximum absolute atomic E-state index is 6.41. The first-order valence-corrected chi connectivity index (χ1v) is 13.3. The topological polar surface area (TPSA) is 82.1 Å². The van der Waals surface area contributed by atoms with Crippen LogP contribution in [-0.2, 0) is 4.74 Å². The summed E-state index contributed by atoms with van der Waals surface area (Å²) in [6, 6.07) is 16.2. The fraction of sp³-hybridized carbons (Fsp3) is 0.370. The standard InChI is InChI=1S/C27H28N6OS/c28-26-24-25(17-5-10-21-20-3-1-2-4-22(20)35-23(21)15-17)31-33(27(24)30-16-29-26)19-8-6-18(7-9-19)32-11-13-34-14-12-32/h1-5,10,15-16,18-19H,6-9,11-14H2,(H2,28,29,30). The zero-order chi connectivity index (χ0) is 23.4. The van der Waals surface area contributed by atoms with Crippen LogP contribution in [0.5, 0.6) is 0 Å².